The Morgan fingerprint density at radius 2 is 2.00 bits per heavy atom. The Bertz CT molecular complexity index is 1120. The standard InChI is InChI=1S/C18H14BrF3N6O2/c1-17(9-27(16(23)29)13-4-2-3-12(19)14(13)30-17)10-7-11(18(20,21)22)15(24-8-10)28-25-5-6-26-28/h2-8H,9H2,1H3,(H2,23,29). The number of primary amides is 1. The molecule has 12 heteroatoms. The van der Waals surface area contributed by atoms with Gasteiger partial charge in [0.05, 0.1) is 29.1 Å². The van der Waals surface area contributed by atoms with Crippen LogP contribution in [0.15, 0.2) is 47.3 Å². The first-order valence-electron chi connectivity index (χ1n) is 8.59. The number of nitrogens with two attached hydrogens (primary N) is 1. The average Bonchev–Trinajstić information content (AvgIpc) is 3.22. The quantitative estimate of drug-likeness (QED) is 0.601. The Balaban J connectivity index is 1.86. The number of alkyl halides is 3. The number of aromatic nitrogens is 4. The van der Waals surface area contributed by atoms with Gasteiger partial charge in [-0.1, -0.05) is 6.07 Å². The van der Waals surface area contributed by atoms with Crippen molar-refractivity contribution in [3.05, 3.63) is 58.5 Å². The Morgan fingerprint density at radius 3 is 2.63 bits per heavy atom. The monoisotopic (exact) mass is 482 g/mol. The number of amides is 2. The van der Waals surface area contributed by atoms with E-state index in [0.29, 0.717) is 10.2 Å². The van der Waals surface area contributed by atoms with Gasteiger partial charge < -0.3 is 10.5 Å². The van der Waals surface area contributed by atoms with Crippen LogP contribution in [-0.2, 0) is 11.8 Å². The summed E-state index contributed by atoms with van der Waals surface area (Å²) in [5.74, 6) is -0.180. The molecule has 156 valence electrons. The number of halogens is 4. The maximum Gasteiger partial charge on any atom is 0.420 e. The molecule has 8 nitrogen and oxygen atoms in total. The summed E-state index contributed by atoms with van der Waals surface area (Å²) in [6.45, 7) is 1.46. The fourth-order valence-corrected chi connectivity index (χ4v) is 3.68. The lowest BCUT2D eigenvalue weighted by Gasteiger charge is -2.41. The smallest absolute Gasteiger partial charge is 0.420 e. The van der Waals surface area contributed by atoms with Gasteiger partial charge >= 0.3 is 12.2 Å². The zero-order chi connectivity index (χ0) is 21.7. The third-order valence-corrected chi connectivity index (χ3v) is 5.31. The highest BCUT2D eigenvalue weighted by atomic mass is 79.9. The fraction of sp³-hybridized carbons (Fsp3) is 0.222. The summed E-state index contributed by atoms with van der Waals surface area (Å²) in [6, 6.07) is 5.18. The molecule has 0 saturated heterocycles. The molecular weight excluding hydrogens is 469 g/mol. The topological polar surface area (TPSA) is 99.2 Å². The number of rotatable bonds is 2. The summed E-state index contributed by atoms with van der Waals surface area (Å²) in [5, 5.41) is 7.47. The number of urea groups is 1. The number of hydrogen-bond donors (Lipinski definition) is 1. The third kappa shape index (κ3) is 3.36. The second-order valence-electron chi connectivity index (χ2n) is 6.76. The number of ether oxygens (including phenoxy) is 1. The lowest BCUT2D eigenvalue weighted by molar-refractivity contribution is -0.138. The van der Waals surface area contributed by atoms with Crippen LogP contribution in [0.25, 0.3) is 5.82 Å². The van der Waals surface area contributed by atoms with E-state index in [9.17, 15) is 18.0 Å². The van der Waals surface area contributed by atoms with Crippen molar-refractivity contribution in [2.75, 3.05) is 11.4 Å². The van der Waals surface area contributed by atoms with Crippen LogP contribution in [0.1, 0.15) is 18.1 Å². The van der Waals surface area contributed by atoms with Crippen molar-refractivity contribution >= 4 is 27.6 Å². The number of carbonyl (C=O) groups is 1. The molecule has 0 fully saturated rings. The Morgan fingerprint density at radius 1 is 1.30 bits per heavy atom. The minimum atomic E-state index is -4.72. The lowest BCUT2D eigenvalue weighted by atomic mass is 9.93. The molecular formula is C18H14BrF3N6O2. The summed E-state index contributed by atoms with van der Waals surface area (Å²) in [6.07, 6.45) is -0.977. The summed E-state index contributed by atoms with van der Waals surface area (Å²) in [4.78, 5) is 18.0. The first kappa shape index (κ1) is 20.1. The second-order valence-corrected chi connectivity index (χ2v) is 7.61. The molecule has 0 aliphatic carbocycles. The number of hydrogen-bond acceptors (Lipinski definition) is 5. The van der Waals surface area contributed by atoms with Crippen LogP contribution < -0.4 is 15.4 Å². The van der Waals surface area contributed by atoms with E-state index in [2.05, 4.69) is 31.1 Å². The number of benzene rings is 1. The molecule has 30 heavy (non-hydrogen) atoms. The van der Waals surface area contributed by atoms with Crippen molar-refractivity contribution in [3.8, 4) is 11.6 Å². The van der Waals surface area contributed by atoms with Crippen LogP contribution in [0.5, 0.6) is 5.75 Å². The highest BCUT2D eigenvalue weighted by molar-refractivity contribution is 9.10. The molecule has 0 radical (unpaired) electrons. The number of nitrogens with zero attached hydrogens (tertiary/aromatic N) is 5. The predicted octanol–water partition coefficient (Wildman–Crippen LogP) is 3.64. The molecule has 1 aliphatic rings. The van der Waals surface area contributed by atoms with E-state index in [1.165, 1.54) is 23.5 Å². The van der Waals surface area contributed by atoms with Gasteiger partial charge in [0.15, 0.2) is 17.2 Å². The first-order valence-corrected chi connectivity index (χ1v) is 9.38. The van der Waals surface area contributed by atoms with Gasteiger partial charge in [0.25, 0.3) is 0 Å². The maximum atomic E-state index is 13.8. The van der Waals surface area contributed by atoms with Gasteiger partial charge in [-0.25, -0.2) is 9.78 Å². The number of para-hydroxylation sites is 1. The van der Waals surface area contributed by atoms with Crippen molar-refractivity contribution < 1.29 is 22.7 Å². The van der Waals surface area contributed by atoms with Crippen LogP contribution in [0.2, 0.25) is 0 Å². The third-order valence-electron chi connectivity index (χ3n) is 4.68. The van der Waals surface area contributed by atoms with Crippen LogP contribution in [0.3, 0.4) is 0 Å². The van der Waals surface area contributed by atoms with Crippen LogP contribution in [0.4, 0.5) is 23.7 Å². The van der Waals surface area contributed by atoms with Gasteiger partial charge in [-0.2, -0.15) is 23.4 Å². The minimum Gasteiger partial charge on any atom is -0.478 e. The molecule has 0 spiro atoms. The number of pyridine rings is 1. The number of fused-ring (bicyclic) bond motifs is 1. The number of anilines is 1. The normalized spacial score (nSPS) is 18.6. The molecule has 3 heterocycles. The molecule has 1 atom stereocenters. The van der Waals surface area contributed by atoms with E-state index in [4.69, 9.17) is 10.5 Å². The van der Waals surface area contributed by atoms with Crippen molar-refractivity contribution in [3.63, 3.8) is 0 Å². The van der Waals surface area contributed by atoms with E-state index >= 15 is 0 Å². The van der Waals surface area contributed by atoms with Gasteiger partial charge in [-0.05, 0) is 41.1 Å². The predicted molar refractivity (Wildman–Crippen MR) is 103 cm³/mol. The minimum absolute atomic E-state index is 0.107. The molecule has 1 unspecified atom stereocenters. The van der Waals surface area contributed by atoms with Crippen molar-refractivity contribution in [2.45, 2.75) is 18.7 Å². The molecule has 1 aromatic carbocycles. The van der Waals surface area contributed by atoms with Crippen LogP contribution in [0, 0.1) is 0 Å². The Hall–Kier alpha value is -3.15. The maximum absolute atomic E-state index is 13.8. The van der Waals surface area contributed by atoms with E-state index in [-0.39, 0.29) is 17.9 Å². The second kappa shape index (κ2) is 6.97. The zero-order valence-electron chi connectivity index (χ0n) is 15.4. The lowest BCUT2D eigenvalue weighted by Crippen LogP contribution is -2.51. The van der Waals surface area contributed by atoms with Crippen molar-refractivity contribution in [1.82, 2.24) is 20.0 Å². The average molecular weight is 483 g/mol. The van der Waals surface area contributed by atoms with E-state index in [1.54, 1.807) is 25.1 Å². The zero-order valence-corrected chi connectivity index (χ0v) is 17.0. The van der Waals surface area contributed by atoms with Gasteiger partial charge in [0, 0.05) is 11.8 Å². The highest BCUT2D eigenvalue weighted by Crippen LogP contribution is 2.46. The highest BCUT2D eigenvalue weighted by Gasteiger charge is 2.43. The summed E-state index contributed by atoms with van der Waals surface area (Å²) < 4.78 is 47.9. The Labute approximate surface area is 176 Å². The molecule has 2 N–H and O–H groups in total. The van der Waals surface area contributed by atoms with Gasteiger partial charge in [-0.15, -0.1) is 4.80 Å². The van der Waals surface area contributed by atoms with Crippen LogP contribution in [-0.4, -0.2) is 32.6 Å². The largest absolute Gasteiger partial charge is 0.478 e. The Kier molecular flexibility index (Phi) is 4.68. The van der Waals surface area contributed by atoms with Gasteiger partial charge in [-0.3, -0.25) is 4.90 Å². The molecule has 0 bridgehead atoms. The van der Waals surface area contributed by atoms with E-state index < -0.39 is 29.2 Å². The van der Waals surface area contributed by atoms with E-state index in [1.807, 2.05) is 0 Å². The molecule has 3 aromatic rings. The number of carbonyl (C=O) groups excluding carboxylic acids is 1. The summed E-state index contributed by atoms with van der Waals surface area (Å²) in [5.41, 5.74) is 3.65. The van der Waals surface area contributed by atoms with Crippen molar-refractivity contribution in [1.29, 1.82) is 0 Å². The molecule has 0 saturated carbocycles. The van der Waals surface area contributed by atoms with E-state index in [0.717, 1.165) is 10.9 Å². The molecule has 1 aliphatic heterocycles. The summed E-state index contributed by atoms with van der Waals surface area (Å²) >= 11 is 3.35. The van der Waals surface area contributed by atoms with Crippen molar-refractivity contribution in [2.24, 2.45) is 5.73 Å². The summed E-state index contributed by atoms with van der Waals surface area (Å²) in [7, 11) is 0. The molecule has 2 amide bonds. The van der Waals surface area contributed by atoms with Gasteiger partial charge in [0.1, 0.15) is 5.56 Å². The molecule has 4 rings (SSSR count). The van der Waals surface area contributed by atoms with Crippen LogP contribution >= 0.6 is 15.9 Å². The fourth-order valence-electron chi connectivity index (χ4n) is 3.24. The molecule has 2 aromatic heterocycles. The SMILES string of the molecule is CC1(c2cnc(-n3nccn3)c(C(F)(F)F)c2)CN(C(N)=O)c2cccc(Br)c2O1. The van der Waals surface area contributed by atoms with Gasteiger partial charge in [0.2, 0.25) is 0 Å². The first-order chi connectivity index (χ1) is 14.1.